The van der Waals surface area contributed by atoms with Gasteiger partial charge in [-0.15, -0.1) is 0 Å². The molecule has 2 atom stereocenters. The molecule has 2 amide bonds. The Bertz CT molecular complexity index is 1370. The van der Waals surface area contributed by atoms with Crippen molar-refractivity contribution in [1.29, 1.82) is 0 Å². The number of amides is 2. The van der Waals surface area contributed by atoms with Gasteiger partial charge in [-0.2, -0.15) is 0 Å². The molecule has 7 nitrogen and oxygen atoms in total. The zero-order chi connectivity index (χ0) is 28.6. The molecule has 0 aliphatic rings. The summed E-state index contributed by atoms with van der Waals surface area (Å²) in [4.78, 5) is 28.9. The Morgan fingerprint density at radius 1 is 0.923 bits per heavy atom. The summed E-state index contributed by atoms with van der Waals surface area (Å²) >= 11 is 6.16. The minimum absolute atomic E-state index is 0.0586. The summed E-state index contributed by atoms with van der Waals surface area (Å²) in [5.41, 5.74) is 1.78. The highest BCUT2D eigenvalue weighted by molar-refractivity contribution is 7.92. The SMILES string of the molecule is CC[C@@H](C)NC(=O)[C@H](CC)N(Cc1ccccc1)C(=O)CN(c1ccc(Cl)cc1C)S(=O)(=O)c1ccccc1. The highest BCUT2D eigenvalue weighted by atomic mass is 35.5. The van der Waals surface area contributed by atoms with Crippen molar-refractivity contribution in [2.75, 3.05) is 10.8 Å². The first-order valence-corrected chi connectivity index (χ1v) is 14.9. The highest BCUT2D eigenvalue weighted by Crippen LogP contribution is 2.29. The van der Waals surface area contributed by atoms with Crippen LogP contribution >= 0.6 is 11.6 Å². The molecule has 9 heteroatoms. The number of hydrogen-bond donors (Lipinski definition) is 1. The van der Waals surface area contributed by atoms with Crippen molar-refractivity contribution in [3.05, 3.63) is 95.0 Å². The van der Waals surface area contributed by atoms with Crippen molar-refractivity contribution in [1.82, 2.24) is 10.2 Å². The summed E-state index contributed by atoms with van der Waals surface area (Å²) in [7, 11) is -4.12. The fourth-order valence-corrected chi connectivity index (χ4v) is 6.00. The minimum Gasteiger partial charge on any atom is -0.352 e. The molecule has 0 aromatic heterocycles. The maximum Gasteiger partial charge on any atom is 0.264 e. The number of aryl methyl sites for hydroxylation is 1. The van der Waals surface area contributed by atoms with E-state index in [1.807, 2.05) is 51.1 Å². The molecule has 39 heavy (non-hydrogen) atoms. The van der Waals surface area contributed by atoms with Gasteiger partial charge < -0.3 is 10.2 Å². The molecular formula is C30H36ClN3O4S. The van der Waals surface area contributed by atoms with Gasteiger partial charge in [-0.3, -0.25) is 13.9 Å². The van der Waals surface area contributed by atoms with Gasteiger partial charge in [-0.05, 0) is 68.1 Å². The molecule has 3 rings (SSSR count). The minimum atomic E-state index is -4.12. The summed E-state index contributed by atoms with van der Waals surface area (Å²) < 4.78 is 28.9. The van der Waals surface area contributed by atoms with Crippen LogP contribution in [0.4, 0.5) is 5.69 Å². The van der Waals surface area contributed by atoms with Crippen molar-refractivity contribution in [3.63, 3.8) is 0 Å². The van der Waals surface area contributed by atoms with Crippen LogP contribution in [0.5, 0.6) is 0 Å². The second kappa shape index (κ2) is 13.6. The van der Waals surface area contributed by atoms with E-state index in [1.165, 1.54) is 17.0 Å². The quantitative estimate of drug-likeness (QED) is 0.309. The van der Waals surface area contributed by atoms with Crippen molar-refractivity contribution in [2.45, 2.75) is 64.1 Å². The van der Waals surface area contributed by atoms with Crippen molar-refractivity contribution in [3.8, 4) is 0 Å². The predicted molar refractivity (Wildman–Crippen MR) is 156 cm³/mol. The van der Waals surface area contributed by atoms with Gasteiger partial charge >= 0.3 is 0 Å². The second-order valence-corrected chi connectivity index (χ2v) is 11.8. The van der Waals surface area contributed by atoms with Gasteiger partial charge in [-0.25, -0.2) is 8.42 Å². The van der Waals surface area contributed by atoms with Crippen LogP contribution in [-0.2, 0) is 26.2 Å². The molecule has 0 heterocycles. The number of anilines is 1. The lowest BCUT2D eigenvalue weighted by molar-refractivity contribution is -0.140. The van der Waals surface area contributed by atoms with Gasteiger partial charge in [0.1, 0.15) is 12.6 Å². The van der Waals surface area contributed by atoms with Crippen LogP contribution in [0.25, 0.3) is 0 Å². The van der Waals surface area contributed by atoms with Crippen LogP contribution in [0.1, 0.15) is 44.7 Å². The largest absolute Gasteiger partial charge is 0.352 e. The summed E-state index contributed by atoms with van der Waals surface area (Å²) in [6.07, 6.45) is 1.11. The molecule has 0 radical (unpaired) electrons. The molecule has 0 fully saturated rings. The Hall–Kier alpha value is -3.36. The van der Waals surface area contributed by atoms with Gasteiger partial charge in [0.2, 0.25) is 11.8 Å². The Morgan fingerprint density at radius 3 is 2.10 bits per heavy atom. The predicted octanol–water partition coefficient (Wildman–Crippen LogP) is 5.57. The van der Waals surface area contributed by atoms with E-state index in [1.54, 1.807) is 43.3 Å². The van der Waals surface area contributed by atoms with E-state index in [0.717, 1.165) is 16.3 Å². The Morgan fingerprint density at radius 2 is 1.54 bits per heavy atom. The third-order valence-electron chi connectivity index (χ3n) is 6.62. The average molecular weight is 570 g/mol. The van der Waals surface area contributed by atoms with Gasteiger partial charge in [0.25, 0.3) is 10.0 Å². The van der Waals surface area contributed by atoms with E-state index < -0.39 is 28.5 Å². The monoisotopic (exact) mass is 569 g/mol. The molecule has 0 bridgehead atoms. The molecule has 208 valence electrons. The third-order valence-corrected chi connectivity index (χ3v) is 8.63. The Labute approximate surface area is 236 Å². The molecule has 0 unspecified atom stereocenters. The van der Waals surface area contributed by atoms with E-state index in [9.17, 15) is 18.0 Å². The van der Waals surface area contributed by atoms with E-state index in [0.29, 0.717) is 22.7 Å². The molecule has 3 aromatic rings. The van der Waals surface area contributed by atoms with Crippen molar-refractivity contribution < 1.29 is 18.0 Å². The molecule has 0 saturated carbocycles. The summed E-state index contributed by atoms with van der Waals surface area (Å²) in [6.45, 7) is 7.14. The van der Waals surface area contributed by atoms with Crippen LogP contribution in [0.3, 0.4) is 0 Å². The number of sulfonamides is 1. The number of nitrogens with zero attached hydrogens (tertiary/aromatic N) is 2. The number of halogens is 1. The smallest absolute Gasteiger partial charge is 0.264 e. The number of carbonyl (C=O) groups excluding carboxylic acids is 2. The summed E-state index contributed by atoms with van der Waals surface area (Å²) in [5.74, 6) is -0.755. The fraction of sp³-hybridized carbons (Fsp3) is 0.333. The molecular weight excluding hydrogens is 534 g/mol. The first kappa shape index (κ1) is 30.2. The van der Waals surface area contributed by atoms with E-state index in [4.69, 9.17) is 11.6 Å². The zero-order valence-electron chi connectivity index (χ0n) is 22.8. The van der Waals surface area contributed by atoms with E-state index >= 15 is 0 Å². The molecule has 0 aliphatic heterocycles. The number of hydrogen-bond acceptors (Lipinski definition) is 4. The van der Waals surface area contributed by atoms with Gasteiger partial charge in [0.05, 0.1) is 10.6 Å². The van der Waals surface area contributed by atoms with Crippen LogP contribution in [0.2, 0.25) is 5.02 Å². The van der Waals surface area contributed by atoms with Gasteiger partial charge in [0, 0.05) is 17.6 Å². The maximum atomic E-state index is 14.1. The van der Waals surface area contributed by atoms with E-state index in [-0.39, 0.29) is 23.4 Å². The molecule has 1 N–H and O–H groups in total. The van der Waals surface area contributed by atoms with Crippen LogP contribution in [0, 0.1) is 6.92 Å². The lowest BCUT2D eigenvalue weighted by Crippen LogP contribution is -2.53. The van der Waals surface area contributed by atoms with Gasteiger partial charge in [0.15, 0.2) is 0 Å². The van der Waals surface area contributed by atoms with Crippen molar-refractivity contribution in [2.24, 2.45) is 0 Å². The molecule has 0 aliphatic carbocycles. The third kappa shape index (κ3) is 7.61. The first-order chi connectivity index (χ1) is 18.6. The second-order valence-electron chi connectivity index (χ2n) is 9.50. The molecule has 0 spiro atoms. The Balaban J connectivity index is 2.07. The lowest BCUT2D eigenvalue weighted by atomic mass is 10.1. The molecule has 3 aromatic carbocycles. The molecule has 0 saturated heterocycles. The first-order valence-electron chi connectivity index (χ1n) is 13.1. The number of carbonyl (C=O) groups is 2. The number of nitrogens with one attached hydrogen (secondary N) is 1. The normalized spacial score (nSPS) is 12.8. The topological polar surface area (TPSA) is 86.8 Å². The lowest BCUT2D eigenvalue weighted by Gasteiger charge is -2.34. The maximum absolute atomic E-state index is 14.1. The van der Waals surface area contributed by atoms with Gasteiger partial charge in [-0.1, -0.05) is 74.0 Å². The summed E-state index contributed by atoms with van der Waals surface area (Å²) in [6, 6.07) is 21.3. The van der Waals surface area contributed by atoms with Crippen LogP contribution in [0.15, 0.2) is 83.8 Å². The fourth-order valence-electron chi connectivity index (χ4n) is 4.27. The zero-order valence-corrected chi connectivity index (χ0v) is 24.4. The van der Waals surface area contributed by atoms with E-state index in [2.05, 4.69) is 5.32 Å². The highest BCUT2D eigenvalue weighted by Gasteiger charge is 2.34. The summed E-state index contributed by atoms with van der Waals surface area (Å²) in [5, 5.41) is 3.44. The standard InChI is InChI=1S/C30H36ClN3O4S/c1-5-23(4)32-30(36)27(6-2)33(20-24-13-9-7-10-14-24)29(35)21-34(28-18-17-25(31)19-22(28)3)39(37,38)26-15-11-8-12-16-26/h7-19,23,27H,5-6,20-21H2,1-4H3,(H,32,36)/t23-,27+/m1/s1. The average Bonchev–Trinajstić information content (AvgIpc) is 2.92. The van der Waals surface area contributed by atoms with Crippen LogP contribution in [-0.4, -0.2) is 43.8 Å². The number of benzene rings is 3. The van der Waals surface area contributed by atoms with Crippen molar-refractivity contribution >= 4 is 39.1 Å². The number of rotatable bonds is 12. The van der Waals surface area contributed by atoms with Crippen LogP contribution < -0.4 is 9.62 Å². The Kier molecular flexibility index (Phi) is 10.5.